The standard InChI is InChI=1S/C34H31N3O6/c1-41-29-16-28(36-30-25(20-6-7-20)4-3-5-26(29)30)31(38)37-12-10-34(11-13-37)17-22-9-8-21(15-27(22)33(40)43-34)23-14-24(19-35-18-23)32(39)42-2/h3-5,8-9,14-16,18-20H,6-7,10-13,17H2,1-2H3. The van der Waals surface area contributed by atoms with Gasteiger partial charge in [-0.1, -0.05) is 24.3 Å². The lowest BCUT2D eigenvalue weighted by Crippen LogP contribution is -2.52. The maximum absolute atomic E-state index is 13.7. The maximum Gasteiger partial charge on any atom is 0.339 e. The average Bonchev–Trinajstić information content (AvgIpc) is 3.89. The summed E-state index contributed by atoms with van der Waals surface area (Å²) in [5.41, 5.74) is 4.93. The molecule has 218 valence electrons. The fraction of sp³-hybridized carbons (Fsp3) is 0.324. The number of benzene rings is 2. The monoisotopic (exact) mass is 577 g/mol. The van der Waals surface area contributed by atoms with Gasteiger partial charge in [0.1, 0.15) is 17.0 Å². The van der Waals surface area contributed by atoms with Crippen molar-refractivity contribution in [2.75, 3.05) is 27.3 Å². The van der Waals surface area contributed by atoms with Crippen molar-refractivity contribution in [3.63, 3.8) is 0 Å². The molecular formula is C34H31N3O6. The summed E-state index contributed by atoms with van der Waals surface area (Å²) in [5.74, 6) is 0.137. The van der Waals surface area contributed by atoms with Crippen LogP contribution in [0.5, 0.6) is 5.75 Å². The summed E-state index contributed by atoms with van der Waals surface area (Å²) in [6.45, 7) is 0.912. The smallest absolute Gasteiger partial charge is 0.339 e. The third kappa shape index (κ3) is 4.88. The quantitative estimate of drug-likeness (QED) is 0.292. The molecule has 2 aliphatic heterocycles. The Morgan fingerprint density at radius 2 is 1.81 bits per heavy atom. The zero-order valence-corrected chi connectivity index (χ0v) is 24.1. The molecule has 0 atom stereocenters. The number of hydrogen-bond donors (Lipinski definition) is 0. The van der Waals surface area contributed by atoms with Crippen LogP contribution < -0.4 is 4.74 Å². The van der Waals surface area contributed by atoms with Crippen LogP contribution in [0.25, 0.3) is 22.0 Å². The number of piperidine rings is 1. The van der Waals surface area contributed by atoms with Crippen molar-refractivity contribution in [1.29, 1.82) is 0 Å². The van der Waals surface area contributed by atoms with Crippen LogP contribution in [-0.4, -0.2) is 65.6 Å². The van der Waals surface area contributed by atoms with E-state index in [2.05, 4.69) is 11.1 Å². The molecule has 9 heteroatoms. The summed E-state index contributed by atoms with van der Waals surface area (Å²) in [5, 5.41) is 0.921. The zero-order chi connectivity index (χ0) is 29.7. The molecule has 3 aliphatic rings. The van der Waals surface area contributed by atoms with Gasteiger partial charge in [0.05, 0.1) is 30.9 Å². The molecule has 7 rings (SSSR count). The second kappa shape index (κ2) is 10.5. The second-order valence-electron chi connectivity index (χ2n) is 11.6. The van der Waals surface area contributed by atoms with Crippen LogP contribution in [0.3, 0.4) is 0 Å². The normalized spacial score (nSPS) is 17.3. The van der Waals surface area contributed by atoms with Gasteiger partial charge in [-0.05, 0) is 53.6 Å². The molecule has 43 heavy (non-hydrogen) atoms. The molecule has 1 saturated heterocycles. The number of nitrogens with zero attached hydrogens (tertiary/aromatic N) is 3. The van der Waals surface area contributed by atoms with Gasteiger partial charge in [0, 0.05) is 61.8 Å². The molecule has 2 aromatic heterocycles. The Kier molecular flexibility index (Phi) is 6.60. The van der Waals surface area contributed by atoms with Gasteiger partial charge in [0.15, 0.2) is 0 Å². The number of carbonyl (C=O) groups excluding carboxylic acids is 3. The number of pyridine rings is 2. The van der Waals surface area contributed by atoms with Gasteiger partial charge in [0.2, 0.25) is 0 Å². The van der Waals surface area contributed by atoms with Crippen LogP contribution in [0, 0.1) is 0 Å². The number of methoxy groups -OCH3 is 2. The molecule has 0 unspecified atom stereocenters. The molecule has 1 amide bonds. The summed E-state index contributed by atoms with van der Waals surface area (Å²) >= 11 is 0. The van der Waals surface area contributed by atoms with Gasteiger partial charge in [-0.25, -0.2) is 14.6 Å². The molecule has 9 nitrogen and oxygen atoms in total. The minimum Gasteiger partial charge on any atom is -0.496 e. The highest BCUT2D eigenvalue weighted by atomic mass is 16.6. The molecule has 0 radical (unpaired) electrons. The topological polar surface area (TPSA) is 108 Å². The number of fused-ring (bicyclic) bond motifs is 2. The highest BCUT2D eigenvalue weighted by Gasteiger charge is 2.44. The van der Waals surface area contributed by atoms with Gasteiger partial charge in [-0.3, -0.25) is 9.78 Å². The number of ether oxygens (including phenoxy) is 3. The first-order chi connectivity index (χ1) is 20.9. The highest BCUT2D eigenvalue weighted by molar-refractivity contribution is 5.98. The van der Waals surface area contributed by atoms with E-state index in [1.54, 1.807) is 36.4 Å². The van der Waals surface area contributed by atoms with Gasteiger partial charge in [-0.15, -0.1) is 0 Å². The van der Waals surface area contributed by atoms with E-state index in [0.717, 1.165) is 34.9 Å². The third-order valence-electron chi connectivity index (χ3n) is 8.90. The number of amides is 1. The third-order valence-corrected chi connectivity index (χ3v) is 8.90. The highest BCUT2D eigenvalue weighted by Crippen LogP contribution is 2.44. The van der Waals surface area contributed by atoms with E-state index in [0.29, 0.717) is 66.4 Å². The fourth-order valence-corrected chi connectivity index (χ4v) is 6.36. The molecule has 1 spiro atoms. The number of rotatable bonds is 5. The molecule has 2 fully saturated rings. The van der Waals surface area contributed by atoms with Gasteiger partial charge in [-0.2, -0.15) is 0 Å². The van der Waals surface area contributed by atoms with Crippen LogP contribution in [0.15, 0.2) is 60.9 Å². The summed E-state index contributed by atoms with van der Waals surface area (Å²) in [4.78, 5) is 49.7. The van der Waals surface area contributed by atoms with Crippen molar-refractivity contribution in [3.05, 3.63) is 88.9 Å². The van der Waals surface area contributed by atoms with E-state index >= 15 is 0 Å². The van der Waals surface area contributed by atoms with Crippen molar-refractivity contribution in [1.82, 2.24) is 14.9 Å². The van der Waals surface area contributed by atoms with Gasteiger partial charge >= 0.3 is 11.9 Å². The van der Waals surface area contributed by atoms with Crippen molar-refractivity contribution in [2.24, 2.45) is 0 Å². The summed E-state index contributed by atoms with van der Waals surface area (Å²) in [6.07, 6.45) is 7.01. The Balaban J connectivity index is 1.09. The van der Waals surface area contributed by atoms with Crippen LogP contribution >= 0.6 is 0 Å². The molecule has 0 bridgehead atoms. The lowest BCUT2D eigenvalue weighted by atomic mass is 9.81. The van der Waals surface area contributed by atoms with Gasteiger partial charge < -0.3 is 19.1 Å². The Morgan fingerprint density at radius 3 is 2.56 bits per heavy atom. The number of esters is 2. The number of carbonyl (C=O) groups is 3. The lowest BCUT2D eigenvalue weighted by Gasteiger charge is -2.43. The number of para-hydroxylation sites is 1. The van der Waals surface area contributed by atoms with E-state index in [-0.39, 0.29) is 11.9 Å². The lowest BCUT2D eigenvalue weighted by molar-refractivity contribution is -0.0527. The van der Waals surface area contributed by atoms with Crippen molar-refractivity contribution < 1.29 is 28.6 Å². The van der Waals surface area contributed by atoms with Crippen molar-refractivity contribution in [2.45, 2.75) is 43.6 Å². The van der Waals surface area contributed by atoms with E-state index in [1.807, 2.05) is 24.3 Å². The van der Waals surface area contributed by atoms with Crippen LogP contribution in [0.4, 0.5) is 0 Å². The number of hydrogen-bond acceptors (Lipinski definition) is 8. The first kappa shape index (κ1) is 27.1. The number of aromatic nitrogens is 2. The zero-order valence-electron chi connectivity index (χ0n) is 24.1. The predicted octanol–water partition coefficient (Wildman–Crippen LogP) is 5.36. The molecule has 1 saturated carbocycles. The van der Waals surface area contributed by atoms with Crippen LogP contribution in [-0.2, 0) is 15.9 Å². The minimum absolute atomic E-state index is 0.143. The van der Waals surface area contributed by atoms with E-state index in [1.165, 1.54) is 18.9 Å². The number of likely N-dealkylation sites (tertiary alicyclic amines) is 1. The molecular weight excluding hydrogens is 546 g/mol. The Bertz CT molecular complexity index is 1790. The minimum atomic E-state index is -0.664. The predicted molar refractivity (Wildman–Crippen MR) is 158 cm³/mol. The van der Waals surface area contributed by atoms with Crippen molar-refractivity contribution in [3.8, 4) is 16.9 Å². The Labute approximate surface area is 248 Å². The molecule has 1 aliphatic carbocycles. The molecule has 0 N–H and O–H groups in total. The summed E-state index contributed by atoms with van der Waals surface area (Å²) in [7, 11) is 2.94. The largest absolute Gasteiger partial charge is 0.496 e. The average molecular weight is 578 g/mol. The van der Waals surface area contributed by atoms with E-state index in [9.17, 15) is 14.4 Å². The molecule has 2 aromatic carbocycles. The van der Waals surface area contributed by atoms with Gasteiger partial charge in [0.25, 0.3) is 5.91 Å². The SMILES string of the molecule is COC(=O)c1cncc(-c2ccc3c(c2)C(=O)OC2(CCN(C(=O)c4cc(OC)c5cccc(C6CC6)c5n4)CC2)C3)c1. The van der Waals surface area contributed by atoms with Crippen LogP contribution in [0.2, 0.25) is 0 Å². The first-order valence-electron chi connectivity index (χ1n) is 14.5. The first-order valence-corrected chi connectivity index (χ1v) is 14.5. The summed E-state index contributed by atoms with van der Waals surface area (Å²) < 4.78 is 16.5. The second-order valence-corrected chi connectivity index (χ2v) is 11.6. The van der Waals surface area contributed by atoms with E-state index in [4.69, 9.17) is 19.2 Å². The molecule has 4 heterocycles. The fourth-order valence-electron chi connectivity index (χ4n) is 6.36. The van der Waals surface area contributed by atoms with Crippen molar-refractivity contribution >= 4 is 28.7 Å². The molecule has 4 aromatic rings. The van der Waals surface area contributed by atoms with Crippen LogP contribution in [0.1, 0.15) is 73.9 Å². The summed E-state index contributed by atoms with van der Waals surface area (Å²) in [6, 6.07) is 15.2. The van der Waals surface area contributed by atoms with E-state index < -0.39 is 11.6 Å². The maximum atomic E-state index is 13.7. The Morgan fingerprint density at radius 1 is 1.00 bits per heavy atom. The Hall–Kier alpha value is -4.79.